The maximum Gasteiger partial charge on any atom is 0.146 e. The monoisotopic (exact) mass is 265 g/mol. The van der Waals surface area contributed by atoms with Crippen LogP contribution in [0.25, 0.3) is 0 Å². The number of aromatic nitrogens is 2. The lowest BCUT2D eigenvalue weighted by Gasteiger charge is -1.98. The lowest BCUT2D eigenvalue weighted by Crippen LogP contribution is -1.98. The van der Waals surface area contributed by atoms with Crippen LogP contribution in [0.1, 0.15) is 5.69 Å². The summed E-state index contributed by atoms with van der Waals surface area (Å²) in [6, 6.07) is 0. The number of alkyl halides is 1. The van der Waals surface area contributed by atoms with Crippen molar-refractivity contribution in [2.24, 2.45) is 0 Å². The highest BCUT2D eigenvalue weighted by atomic mass is 79.9. The van der Waals surface area contributed by atoms with Crippen LogP contribution >= 0.6 is 31.9 Å². The molecule has 54 valence electrons. The minimum atomic E-state index is 0.472. The van der Waals surface area contributed by atoms with Gasteiger partial charge in [0, 0.05) is 5.33 Å². The van der Waals surface area contributed by atoms with E-state index in [9.17, 15) is 0 Å². The van der Waals surface area contributed by atoms with Crippen LogP contribution < -0.4 is 5.73 Å². The molecule has 0 unspecified atom stereocenters. The van der Waals surface area contributed by atoms with Crippen molar-refractivity contribution >= 4 is 37.7 Å². The molecule has 1 aromatic heterocycles. The third kappa shape index (κ3) is 1.67. The van der Waals surface area contributed by atoms with Gasteiger partial charge in [0.05, 0.1) is 11.9 Å². The predicted molar refractivity (Wildman–Crippen MR) is 46.8 cm³/mol. The molecule has 10 heavy (non-hydrogen) atoms. The molecule has 0 atom stereocenters. The second-order valence-corrected chi connectivity index (χ2v) is 3.03. The van der Waals surface area contributed by atoms with Crippen molar-refractivity contribution in [2.45, 2.75) is 5.33 Å². The first kappa shape index (κ1) is 7.94. The first-order valence-corrected chi connectivity index (χ1v) is 4.48. The zero-order valence-electron chi connectivity index (χ0n) is 5.01. The average Bonchev–Trinajstić information content (AvgIpc) is 1.94. The van der Waals surface area contributed by atoms with Crippen molar-refractivity contribution in [1.29, 1.82) is 0 Å². The van der Waals surface area contributed by atoms with Gasteiger partial charge in [-0.25, -0.2) is 9.97 Å². The fraction of sp³-hybridized carbons (Fsp3) is 0.200. The highest BCUT2D eigenvalue weighted by Crippen LogP contribution is 2.12. The van der Waals surface area contributed by atoms with E-state index in [1.807, 2.05) is 0 Å². The molecule has 3 nitrogen and oxygen atoms in total. The molecule has 0 aliphatic heterocycles. The molecule has 0 saturated carbocycles. The molecular weight excluding hydrogens is 262 g/mol. The van der Waals surface area contributed by atoms with E-state index in [0.29, 0.717) is 15.8 Å². The van der Waals surface area contributed by atoms with E-state index in [2.05, 4.69) is 41.8 Å². The second-order valence-electron chi connectivity index (χ2n) is 1.66. The van der Waals surface area contributed by atoms with E-state index in [-0.39, 0.29) is 0 Å². The lowest BCUT2D eigenvalue weighted by atomic mass is 10.5. The molecule has 1 heterocycles. The van der Waals surface area contributed by atoms with E-state index >= 15 is 0 Å². The van der Waals surface area contributed by atoms with Gasteiger partial charge in [0.2, 0.25) is 0 Å². The van der Waals surface area contributed by atoms with Crippen molar-refractivity contribution in [3.63, 3.8) is 0 Å². The van der Waals surface area contributed by atoms with Crippen LogP contribution in [-0.2, 0) is 5.33 Å². The number of hydrogen-bond donors (Lipinski definition) is 1. The summed E-state index contributed by atoms with van der Waals surface area (Å²) in [4.78, 5) is 7.96. The Morgan fingerprint density at radius 2 is 2.30 bits per heavy atom. The van der Waals surface area contributed by atoms with Crippen molar-refractivity contribution in [3.05, 3.63) is 16.5 Å². The highest BCUT2D eigenvalue weighted by molar-refractivity contribution is 9.10. The zero-order valence-corrected chi connectivity index (χ0v) is 8.18. The molecule has 0 aliphatic rings. The van der Waals surface area contributed by atoms with E-state index < -0.39 is 0 Å². The molecule has 0 bridgehead atoms. The van der Waals surface area contributed by atoms with E-state index in [0.717, 1.165) is 5.69 Å². The summed E-state index contributed by atoms with van der Waals surface area (Å²) in [5.41, 5.74) is 6.23. The minimum absolute atomic E-state index is 0.472. The Kier molecular flexibility index (Phi) is 2.62. The molecular formula is C5H5Br2N3. The highest BCUT2D eigenvalue weighted by Gasteiger charge is 1.99. The Labute approximate surface area is 75.3 Å². The molecule has 0 saturated heterocycles. The Hall–Kier alpha value is -0.160. The predicted octanol–water partition coefficient (Wildman–Crippen LogP) is 1.72. The number of hydrogen-bond acceptors (Lipinski definition) is 3. The quantitative estimate of drug-likeness (QED) is 0.788. The van der Waals surface area contributed by atoms with Gasteiger partial charge in [0.15, 0.2) is 0 Å². The van der Waals surface area contributed by atoms with Crippen LogP contribution in [0, 0.1) is 0 Å². The van der Waals surface area contributed by atoms with Gasteiger partial charge in [-0.3, -0.25) is 0 Å². The number of nitrogens with two attached hydrogens (primary N) is 1. The molecule has 0 aromatic carbocycles. The molecule has 0 radical (unpaired) electrons. The summed E-state index contributed by atoms with van der Waals surface area (Å²) < 4.78 is 0.705. The van der Waals surface area contributed by atoms with Gasteiger partial charge in [0.1, 0.15) is 10.4 Å². The molecule has 2 N–H and O–H groups in total. The van der Waals surface area contributed by atoms with Gasteiger partial charge in [-0.05, 0) is 15.9 Å². The van der Waals surface area contributed by atoms with E-state index in [4.69, 9.17) is 5.73 Å². The van der Waals surface area contributed by atoms with Crippen LogP contribution in [0.3, 0.4) is 0 Å². The van der Waals surface area contributed by atoms with Gasteiger partial charge in [-0.2, -0.15) is 0 Å². The fourth-order valence-corrected chi connectivity index (χ4v) is 1.24. The SMILES string of the molecule is Nc1ncc(Br)nc1CBr. The molecule has 1 rings (SSSR count). The van der Waals surface area contributed by atoms with Crippen LogP contribution in [0.4, 0.5) is 5.82 Å². The Morgan fingerprint density at radius 1 is 1.60 bits per heavy atom. The van der Waals surface area contributed by atoms with Crippen molar-refractivity contribution in [1.82, 2.24) is 9.97 Å². The van der Waals surface area contributed by atoms with Crippen LogP contribution in [-0.4, -0.2) is 9.97 Å². The molecule has 5 heteroatoms. The summed E-state index contributed by atoms with van der Waals surface area (Å²) >= 11 is 6.43. The Bertz CT molecular complexity index is 238. The molecule has 0 fully saturated rings. The molecule has 0 amide bonds. The summed E-state index contributed by atoms with van der Waals surface area (Å²) in [6.07, 6.45) is 1.57. The Balaban J connectivity index is 3.09. The standard InChI is InChI=1S/C5H5Br2N3/c6-1-3-5(8)9-2-4(7)10-3/h2H,1H2,(H2,8,9). The summed E-state index contributed by atoms with van der Waals surface area (Å²) in [6.45, 7) is 0. The van der Waals surface area contributed by atoms with E-state index in [1.54, 1.807) is 6.20 Å². The van der Waals surface area contributed by atoms with E-state index in [1.165, 1.54) is 0 Å². The summed E-state index contributed by atoms with van der Waals surface area (Å²) in [7, 11) is 0. The van der Waals surface area contributed by atoms with Crippen molar-refractivity contribution in [3.8, 4) is 0 Å². The van der Waals surface area contributed by atoms with Crippen molar-refractivity contribution in [2.75, 3.05) is 5.73 Å². The molecule has 0 spiro atoms. The third-order valence-electron chi connectivity index (χ3n) is 0.974. The largest absolute Gasteiger partial charge is 0.382 e. The van der Waals surface area contributed by atoms with Crippen LogP contribution in [0.15, 0.2) is 10.8 Å². The first-order valence-electron chi connectivity index (χ1n) is 2.57. The lowest BCUT2D eigenvalue weighted by molar-refractivity contribution is 1.09. The molecule has 0 aliphatic carbocycles. The zero-order chi connectivity index (χ0) is 7.56. The number of rotatable bonds is 1. The van der Waals surface area contributed by atoms with Crippen molar-refractivity contribution < 1.29 is 0 Å². The minimum Gasteiger partial charge on any atom is -0.382 e. The summed E-state index contributed by atoms with van der Waals surface area (Å²) in [5, 5.41) is 0.630. The van der Waals surface area contributed by atoms with Gasteiger partial charge >= 0.3 is 0 Å². The van der Waals surface area contributed by atoms with Gasteiger partial charge in [0.25, 0.3) is 0 Å². The maximum atomic E-state index is 5.48. The summed E-state index contributed by atoms with van der Waals surface area (Å²) in [5.74, 6) is 0.472. The number of anilines is 1. The smallest absolute Gasteiger partial charge is 0.146 e. The fourth-order valence-electron chi connectivity index (χ4n) is 0.511. The number of nitrogens with zero attached hydrogens (tertiary/aromatic N) is 2. The van der Waals surface area contributed by atoms with Crippen LogP contribution in [0.2, 0.25) is 0 Å². The third-order valence-corrected chi connectivity index (χ3v) is 1.89. The molecule has 1 aromatic rings. The van der Waals surface area contributed by atoms with Gasteiger partial charge in [-0.1, -0.05) is 15.9 Å². The van der Waals surface area contributed by atoms with Crippen LogP contribution in [0.5, 0.6) is 0 Å². The van der Waals surface area contributed by atoms with Gasteiger partial charge in [-0.15, -0.1) is 0 Å². The maximum absolute atomic E-state index is 5.48. The normalized spacial score (nSPS) is 9.80. The second kappa shape index (κ2) is 3.30. The Morgan fingerprint density at radius 3 is 2.80 bits per heavy atom. The number of nitrogen functional groups attached to an aromatic ring is 1. The topological polar surface area (TPSA) is 51.8 Å². The van der Waals surface area contributed by atoms with Gasteiger partial charge < -0.3 is 5.73 Å². The first-order chi connectivity index (χ1) is 4.74. The average molecular weight is 267 g/mol. The number of halogens is 2.